The zero-order valence-electron chi connectivity index (χ0n) is 16.8. The summed E-state index contributed by atoms with van der Waals surface area (Å²) < 4.78 is 6.28. The molecule has 5 heteroatoms. The Kier molecular flexibility index (Phi) is 5.46. The maximum atomic E-state index is 9.73. The summed E-state index contributed by atoms with van der Waals surface area (Å²) in [6.45, 7) is 11.5. The molecule has 0 aliphatic carbocycles. The Balaban J connectivity index is 2.51. The van der Waals surface area contributed by atoms with E-state index in [0.29, 0.717) is 23.3 Å². The van der Waals surface area contributed by atoms with Crippen LogP contribution >= 0.6 is 0 Å². The normalized spacial score (nSPS) is 11.9. The molecule has 0 radical (unpaired) electrons. The van der Waals surface area contributed by atoms with Gasteiger partial charge in [-0.15, -0.1) is 6.42 Å². The monoisotopic (exact) mass is 365 g/mol. The zero-order chi connectivity index (χ0) is 19.7. The van der Waals surface area contributed by atoms with Gasteiger partial charge in [-0.3, -0.25) is 0 Å². The summed E-state index contributed by atoms with van der Waals surface area (Å²) in [7, 11) is 1.90. The average Bonchev–Trinajstić information content (AvgIpc) is 2.56. The van der Waals surface area contributed by atoms with Gasteiger partial charge in [0.1, 0.15) is 11.6 Å². The largest absolute Gasteiger partial charge is 0.411 e. The van der Waals surface area contributed by atoms with Gasteiger partial charge in [0.05, 0.1) is 23.5 Å². The van der Waals surface area contributed by atoms with Gasteiger partial charge in [0, 0.05) is 25.0 Å². The molecule has 136 valence electrons. The van der Waals surface area contributed by atoms with Gasteiger partial charge >= 0.3 is 0 Å². The molecular formula is C21H27N3OSi. The minimum Gasteiger partial charge on any atom is -0.411 e. The molecule has 4 nitrogen and oxygen atoms in total. The number of pyridine rings is 1. The number of terminal acetylenes is 1. The van der Waals surface area contributed by atoms with Gasteiger partial charge in [0.25, 0.3) is 0 Å². The molecule has 1 heterocycles. The standard InChI is InChI=1S/C21H27N3OSi/c1-9-15-12-16-10-11-17(14-25-26(7,8)21(2,3)4)23-19(16)18(13-22)20(15)24(5)6/h1,10-12H,14H2,2-8H3. The Morgan fingerprint density at radius 2 is 1.92 bits per heavy atom. The third-order valence-corrected chi connectivity index (χ3v) is 9.59. The van der Waals surface area contributed by atoms with Gasteiger partial charge in [0.15, 0.2) is 8.32 Å². The molecule has 1 aromatic heterocycles. The smallest absolute Gasteiger partial charge is 0.192 e. The number of aromatic nitrogens is 1. The van der Waals surface area contributed by atoms with Crippen LogP contribution in [0.1, 0.15) is 37.6 Å². The molecule has 26 heavy (non-hydrogen) atoms. The molecule has 2 aromatic rings. The van der Waals surface area contributed by atoms with Crippen molar-refractivity contribution in [2.75, 3.05) is 19.0 Å². The summed E-state index contributed by atoms with van der Waals surface area (Å²) in [5.74, 6) is 2.68. The van der Waals surface area contributed by atoms with Crippen molar-refractivity contribution < 1.29 is 4.43 Å². The minimum atomic E-state index is -1.86. The number of benzene rings is 1. The van der Waals surface area contributed by atoms with Crippen LogP contribution in [0, 0.1) is 23.7 Å². The number of nitriles is 1. The lowest BCUT2D eigenvalue weighted by molar-refractivity contribution is 0.272. The van der Waals surface area contributed by atoms with Gasteiger partial charge in [-0.2, -0.15) is 5.26 Å². The SMILES string of the molecule is C#Cc1cc2ccc(CO[Si](C)(C)C(C)(C)C)nc2c(C#N)c1N(C)C. The number of anilines is 1. The van der Waals surface area contributed by atoms with Crippen LogP contribution in [0.15, 0.2) is 18.2 Å². The highest BCUT2D eigenvalue weighted by Gasteiger charge is 2.37. The number of nitrogens with zero attached hydrogens (tertiary/aromatic N) is 3. The second-order valence-corrected chi connectivity index (χ2v) is 13.0. The first-order chi connectivity index (χ1) is 12.0. The predicted molar refractivity (Wildman–Crippen MR) is 111 cm³/mol. The quantitative estimate of drug-likeness (QED) is 0.583. The molecule has 1 aromatic carbocycles. The third kappa shape index (κ3) is 3.75. The minimum absolute atomic E-state index is 0.140. The summed E-state index contributed by atoms with van der Waals surface area (Å²) in [6, 6.07) is 8.12. The molecule has 0 N–H and O–H groups in total. The first kappa shape index (κ1) is 20.0. The molecule has 0 unspecified atom stereocenters. The summed E-state index contributed by atoms with van der Waals surface area (Å²) in [5, 5.41) is 10.7. The van der Waals surface area contributed by atoms with E-state index in [1.165, 1.54) is 0 Å². The van der Waals surface area contributed by atoms with Crippen molar-refractivity contribution in [2.45, 2.75) is 45.5 Å². The molecule has 0 fully saturated rings. The Hall–Kier alpha value is -2.34. The van der Waals surface area contributed by atoms with E-state index in [0.717, 1.165) is 16.8 Å². The maximum absolute atomic E-state index is 9.73. The molecule has 2 rings (SSSR count). The lowest BCUT2D eigenvalue weighted by atomic mass is 10.0. The van der Waals surface area contributed by atoms with E-state index in [4.69, 9.17) is 15.8 Å². The molecule has 0 atom stereocenters. The van der Waals surface area contributed by atoms with Gasteiger partial charge in [-0.05, 0) is 30.3 Å². The van der Waals surface area contributed by atoms with E-state index in [1.807, 2.05) is 37.2 Å². The Labute approximate surface area is 157 Å². The number of hydrogen-bond acceptors (Lipinski definition) is 4. The molecular weight excluding hydrogens is 338 g/mol. The Bertz CT molecular complexity index is 912. The fourth-order valence-corrected chi connectivity index (χ4v) is 3.47. The summed E-state index contributed by atoms with van der Waals surface area (Å²) >= 11 is 0. The van der Waals surface area contributed by atoms with Crippen LogP contribution in [0.2, 0.25) is 18.1 Å². The average molecular weight is 366 g/mol. The van der Waals surface area contributed by atoms with Crippen LogP contribution in [0.4, 0.5) is 5.69 Å². The van der Waals surface area contributed by atoms with Crippen LogP contribution in [0.5, 0.6) is 0 Å². The van der Waals surface area contributed by atoms with Gasteiger partial charge in [0.2, 0.25) is 0 Å². The maximum Gasteiger partial charge on any atom is 0.192 e. The van der Waals surface area contributed by atoms with Crippen molar-refractivity contribution in [3.05, 3.63) is 35.0 Å². The van der Waals surface area contributed by atoms with Crippen LogP contribution in [0.3, 0.4) is 0 Å². The van der Waals surface area contributed by atoms with E-state index < -0.39 is 8.32 Å². The highest BCUT2D eigenvalue weighted by Crippen LogP contribution is 2.37. The summed E-state index contributed by atoms with van der Waals surface area (Å²) in [4.78, 5) is 6.60. The van der Waals surface area contributed by atoms with Crippen LogP contribution in [-0.2, 0) is 11.0 Å². The predicted octanol–water partition coefficient (Wildman–Crippen LogP) is 4.68. The number of rotatable bonds is 4. The van der Waals surface area contributed by atoms with Crippen LogP contribution in [-0.4, -0.2) is 27.4 Å². The molecule has 0 saturated heterocycles. The Morgan fingerprint density at radius 1 is 1.27 bits per heavy atom. The van der Waals surface area contributed by atoms with Gasteiger partial charge < -0.3 is 9.33 Å². The van der Waals surface area contributed by atoms with Crippen molar-refractivity contribution in [3.63, 3.8) is 0 Å². The van der Waals surface area contributed by atoms with E-state index in [9.17, 15) is 5.26 Å². The van der Waals surface area contributed by atoms with Gasteiger partial charge in [-0.1, -0.05) is 32.8 Å². The van der Waals surface area contributed by atoms with Crippen molar-refractivity contribution in [2.24, 2.45) is 0 Å². The fraction of sp³-hybridized carbons (Fsp3) is 0.429. The highest BCUT2D eigenvalue weighted by atomic mass is 28.4. The number of fused-ring (bicyclic) bond motifs is 1. The fourth-order valence-electron chi connectivity index (χ4n) is 2.53. The van der Waals surface area contributed by atoms with E-state index >= 15 is 0 Å². The summed E-state index contributed by atoms with van der Waals surface area (Å²) in [5.41, 5.74) is 3.45. The second kappa shape index (κ2) is 7.11. The van der Waals surface area contributed by atoms with Crippen LogP contribution < -0.4 is 4.90 Å². The van der Waals surface area contributed by atoms with Crippen molar-refractivity contribution in [1.29, 1.82) is 5.26 Å². The van der Waals surface area contributed by atoms with Crippen molar-refractivity contribution in [1.82, 2.24) is 4.98 Å². The molecule has 0 bridgehead atoms. The first-order valence-electron chi connectivity index (χ1n) is 8.66. The second-order valence-electron chi connectivity index (χ2n) is 8.22. The molecule has 0 aliphatic heterocycles. The third-order valence-electron chi connectivity index (χ3n) is 5.11. The van der Waals surface area contributed by atoms with E-state index in [2.05, 4.69) is 45.9 Å². The molecule has 0 saturated carbocycles. The topological polar surface area (TPSA) is 49.1 Å². The van der Waals surface area contributed by atoms with E-state index in [1.54, 1.807) is 0 Å². The van der Waals surface area contributed by atoms with Crippen molar-refractivity contribution >= 4 is 24.9 Å². The van der Waals surface area contributed by atoms with Gasteiger partial charge in [-0.25, -0.2) is 4.98 Å². The zero-order valence-corrected chi connectivity index (χ0v) is 17.8. The van der Waals surface area contributed by atoms with Crippen molar-refractivity contribution in [3.8, 4) is 18.4 Å². The molecule has 0 aliphatic rings. The van der Waals surface area contributed by atoms with E-state index in [-0.39, 0.29) is 5.04 Å². The lowest BCUT2D eigenvalue weighted by Gasteiger charge is -2.36. The molecule has 0 spiro atoms. The molecule has 0 amide bonds. The summed E-state index contributed by atoms with van der Waals surface area (Å²) in [6.07, 6.45) is 5.65. The first-order valence-corrected chi connectivity index (χ1v) is 11.6. The van der Waals surface area contributed by atoms with Crippen LogP contribution in [0.25, 0.3) is 10.9 Å². The lowest BCUT2D eigenvalue weighted by Crippen LogP contribution is -2.40. The number of hydrogen-bond donors (Lipinski definition) is 0. The highest BCUT2D eigenvalue weighted by molar-refractivity contribution is 6.74. The Morgan fingerprint density at radius 3 is 2.42 bits per heavy atom.